The molecule has 0 saturated heterocycles. The van der Waals surface area contributed by atoms with Crippen LogP contribution in [-0.2, 0) is 11.4 Å². The topological polar surface area (TPSA) is 105 Å². The van der Waals surface area contributed by atoms with Crippen molar-refractivity contribution in [2.45, 2.75) is 13.5 Å². The Balaban J connectivity index is 1.72. The van der Waals surface area contributed by atoms with Crippen LogP contribution in [0.1, 0.15) is 16.7 Å². The number of nitro benzene ring substituents is 1. The van der Waals surface area contributed by atoms with Crippen molar-refractivity contribution in [3.8, 4) is 11.8 Å². The highest BCUT2D eigenvalue weighted by molar-refractivity contribution is 6.32. The van der Waals surface area contributed by atoms with Gasteiger partial charge in [0.2, 0.25) is 0 Å². The average molecular weight is 448 g/mol. The number of rotatable bonds is 7. The van der Waals surface area contributed by atoms with Crippen LogP contribution in [0.4, 0.5) is 11.4 Å². The number of carbonyl (C=O) groups excluding carboxylic acids is 1. The molecule has 0 saturated carbocycles. The number of non-ortho nitro benzene ring substituents is 1. The minimum atomic E-state index is -0.691. The summed E-state index contributed by atoms with van der Waals surface area (Å²) in [6, 6.07) is 20.1. The van der Waals surface area contributed by atoms with E-state index in [4.69, 9.17) is 16.3 Å². The van der Waals surface area contributed by atoms with E-state index in [0.29, 0.717) is 22.9 Å². The van der Waals surface area contributed by atoms with Crippen LogP contribution in [-0.4, -0.2) is 10.8 Å². The minimum Gasteiger partial charge on any atom is -0.487 e. The molecule has 1 amide bonds. The number of aryl methyl sites for hydroxylation is 1. The Bertz CT molecular complexity index is 1250. The highest BCUT2D eigenvalue weighted by Gasteiger charge is 2.13. The molecule has 32 heavy (non-hydrogen) atoms. The quantitative estimate of drug-likeness (QED) is 0.217. The first-order chi connectivity index (χ1) is 15.4. The van der Waals surface area contributed by atoms with Crippen LogP contribution in [0.3, 0.4) is 0 Å². The maximum atomic E-state index is 12.4. The van der Waals surface area contributed by atoms with Gasteiger partial charge in [0.05, 0.1) is 9.95 Å². The standard InChI is InChI=1S/C24H18ClN3O4/c1-16-4-2-5-18(10-16)15-32-23-9-8-17(12-22(23)25)11-19(14-26)24(29)27-20-6-3-7-21(13-20)28(30)31/h2-13H,15H2,1H3,(H,27,29)/b19-11+. The van der Waals surface area contributed by atoms with E-state index in [-0.39, 0.29) is 16.9 Å². The van der Waals surface area contributed by atoms with E-state index >= 15 is 0 Å². The molecule has 0 spiro atoms. The Morgan fingerprint density at radius 2 is 1.97 bits per heavy atom. The van der Waals surface area contributed by atoms with Gasteiger partial charge in [-0.2, -0.15) is 5.26 Å². The SMILES string of the molecule is Cc1cccc(COc2ccc(/C=C(\C#N)C(=O)Nc3cccc([N+](=O)[O-])c3)cc2Cl)c1. The molecular weight excluding hydrogens is 430 g/mol. The van der Waals surface area contributed by atoms with E-state index in [1.165, 1.54) is 30.3 Å². The molecule has 0 aromatic heterocycles. The van der Waals surface area contributed by atoms with E-state index < -0.39 is 10.8 Å². The van der Waals surface area contributed by atoms with E-state index in [1.807, 2.05) is 37.3 Å². The van der Waals surface area contributed by atoms with Gasteiger partial charge < -0.3 is 10.1 Å². The fourth-order valence-corrected chi connectivity index (χ4v) is 3.14. The normalized spacial score (nSPS) is 10.8. The molecule has 0 fully saturated rings. The highest BCUT2D eigenvalue weighted by Crippen LogP contribution is 2.27. The number of nitriles is 1. The predicted octanol–water partition coefficient (Wildman–Crippen LogP) is 5.68. The smallest absolute Gasteiger partial charge is 0.271 e. The van der Waals surface area contributed by atoms with Gasteiger partial charge in [0.25, 0.3) is 11.6 Å². The summed E-state index contributed by atoms with van der Waals surface area (Å²) in [4.78, 5) is 22.7. The maximum Gasteiger partial charge on any atom is 0.271 e. The number of carbonyl (C=O) groups is 1. The minimum absolute atomic E-state index is 0.168. The summed E-state index contributed by atoms with van der Waals surface area (Å²) in [5, 5.41) is 23.1. The van der Waals surface area contributed by atoms with E-state index in [1.54, 1.807) is 18.2 Å². The Kier molecular flexibility index (Phi) is 7.21. The number of halogens is 1. The molecule has 160 valence electrons. The van der Waals surface area contributed by atoms with Gasteiger partial charge in [0, 0.05) is 17.8 Å². The van der Waals surface area contributed by atoms with Gasteiger partial charge in [-0.3, -0.25) is 14.9 Å². The number of amides is 1. The zero-order chi connectivity index (χ0) is 23.1. The van der Waals surface area contributed by atoms with Gasteiger partial charge in [-0.1, -0.05) is 53.6 Å². The van der Waals surface area contributed by atoms with Crippen molar-refractivity contribution < 1.29 is 14.5 Å². The lowest BCUT2D eigenvalue weighted by atomic mass is 10.1. The van der Waals surface area contributed by atoms with Crippen LogP contribution in [0, 0.1) is 28.4 Å². The van der Waals surface area contributed by atoms with Crippen molar-refractivity contribution in [1.29, 1.82) is 5.26 Å². The number of hydrogen-bond acceptors (Lipinski definition) is 5. The van der Waals surface area contributed by atoms with E-state index in [9.17, 15) is 20.2 Å². The number of anilines is 1. The fourth-order valence-electron chi connectivity index (χ4n) is 2.90. The largest absolute Gasteiger partial charge is 0.487 e. The molecular formula is C24H18ClN3O4. The number of nitro groups is 1. The summed E-state index contributed by atoms with van der Waals surface area (Å²) in [7, 11) is 0. The van der Waals surface area contributed by atoms with Crippen LogP contribution in [0.5, 0.6) is 5.75 Å². The molecule has 3 aromatic carbocycles. The molecule has 3 aromatic rings. The summed E-state index contributed by atoms with van der Waals surface area (Å²) in [5.41, 5.74) is 2.53. The number of benzene rings is 3. The van der Waals surface area contributed by atoms with E-state index in [2.05, 4.69) is 5.32 Å². The summed E-state index contributed by atoms with van der Waals surface area (Å²) < 4.78 is 5.77. The molecule has 1 N–H and O–H groups in total. The van der Waals surface area contributed by atoms with Crippen molar-refractivity contribution in [3.63, 3.8) is 0 Å². The summed E-state index contributed by atoms with van der Waals surface area (Å²) >= 11 is 6.31. The zero-order valence-electron chi connectivity index (χ0n) is 17.0. The van der Waals surface area contributed by atoms with Crippen molar-refractivity contribution in [1.82, 2.24) is 0 Å². The van der Waals surface area contributed by atoms with Crippen molar-refractivity contribution >= 4 is 35.0 Å². The van der Waals surface area contributed by atoms with Crippen LogP contribution in [0.25, 0.3) is 6.08 Å². The lowest BCUT2D eigenvalue weighted by Gasteiger charge is -2.09. The van der Waals surface area contributed by atoms with E-state index in [0.717, 1.165) is 11.1 Å². The summed E-state index contributed by atoms with van der Waals surface area (Å²) in [6.07, 6.45) is 1.38. The van der Waals surface area contributed by atoms with Crippen LogP contribution < -0.4 is 10.1 Å². The van der Waals surface area contributed by atoms with Gasteiger partial charge in [-0.05, 0) is 42.3 Å². The maximum absolute atomic E-state index is 12.4. The molecule has 0 aliphatic heterocycles. The van der Waals surface area contributed by atoms with Gasteiger partial charge >= 0.3 is 0 Å². The number of hydrogen-bond donors (Lipinski definition) is 1. The van der Waals surface area contributed by atoms with Crippen molar-refractivity contribution in [2.75, 3.05) is 5.32 Å². The molecule has 3 rings (SSSR count). The van der Waals surface area contributed by atoms with Crippen LogP contribution in [0.15, 0.2) is 72.3 Å². The highest BCUT2D eigenvalue weighted by atomic mass is 35.5. The molecule has 0 heterocycles. The number of ether oxygens (including phenoxy) is 1. The number of nitrogens with one attached hydrogen (secondary N) is 1. The first-order valence-corrected chi connectivity index (χ1v) is 9.89. The van der Waals surface area contributed by atoms with Gasteiger partial charge in [-0.25, -0.2) is 0 Å². The number of nitrogens with zero attached hydrogens (tertiary/aromatic N) is 2. The third kappa shape index (κ3) is 5.94. The second kappa shape index (κ2) is 10.2. The third-order valence-corrected chi connectivity index (χ3v) is 4.72. The van der Waals surface area contributed by atoms with Gasteiger partial charge in [-0.15, -0.1) is 0 Å². The summed E-state index contributed by atoms with van der Waals surface area (Å²) in [5.74, 6) is -0.214. The monoisotopic (exact) mass is 447 g/mol. The summed E-state index contributed by atoms with van der Waals surface area (Å²) in [6.45, 7) is 2.35. The molecule has 0 radical (unpaired) electrons. The first kappa shape index (κ1) is 22.5. The van der Waals surface area contributed by atoms with Gasteiger partial charge in [0.1, 0.15) is 24.0 Å². The van der Waals surface area contributed by atoms with Gasteiger partial charge in [0.15, 0.2) is 0 Å². The fraction of sp³-hybridized carbons (Fsp3) is 0.0833. The molecule has 7 nitrogen and oxygen atoms in total. The molecule has 8 heteroatoms. The third-order valence-electron chi connectivity index (χ3n) is 4.42. The lowest BCUT2D eigenvalue weighted by Crippen LogP contribution is -2.13. The second-order valence-electron chi connectivity index (χ2n) is 6.90. The molecule has 0 aliphatic carbocycles. The second-order valence-corrected chi connectivity index (χ2v) is 7.31. The predicted molar refractivity (Wildman–Crippen MR) is 122 cm³/mol. The average Bonchev–Trinajstić information content (AvgIpc) is 2.77. The molecule has 0 bridgehead atoms. The molecule has 0 aliphatic rings. The van der Waals surface area contributed by atoms with Crippen LogP contribution in [0.2, 0.25) is 5.02 Å². The van der Waals surface area contributed by atoms with Crippen molar-refractivity contribution in [2.24, 2.45) is 0 Å². The Labute approximate surface area is 189 Å². The Hall–Kier alpha value is -4.15. The Morgan fingerprint density at radius 3 is 2.66 bits per heavy atom. The molecule has 0 unspecified atom stereocenters. The van der Waals surface area contributed by atoms with Crippen LogP contribution >= 0.6 is 11.6 Å². The van der Waals surface area contributed by atoms with Crippen molar-refractivity contribution in [3.05, 3.63) is 104 Å². The zero-order valence-corrected chi connectivity index (χ0v) is 17.8. The lowest BCUT2D eigenvalue weighted by molar-refractivity contribution is -0.384. The molecule has 0 atom stereocenters. The first-order valence-electron chi connectivity index (χ1n) is 9.51. The Morgan fingerprint density at radius 1 is 1.19 bits per heavy atom.